The Bertz CT molecular complexity index is 550. The summed E-state index contributed by atoms with van der Waals surface area (Å²) in [6.45, 7) is 1.84. The first-order chi connectivity index (χ1) is 8.90. The van der Waals surface area contributed by atoms with Gasteiger partial charge in [-0.05, 0) is 24.1 Å². The molecule has 1 aromatic rings. The van der Waals surface area contributed by atoms with Crippen LogP contribution >= 0.6 is 0 Å². The van der Waals surface area contributed by atoms with Gasteiger partial charge in [-0.15, -0.1) is 0 Å². The van der Waals surface area contributed by atoms with Crippen molar-refractivity contribution in [2.75, 3.05) is 10.6 Å². The van der Waals surface area contributed by atoms with Gasteiger partial charge in [0, 0.05) is 12.8 Å². The van der Waals surface area contributed by atoms with E-state index in [0.29, 0.717) is 0 Å². The molecule has 0 unspecified atom stereocenters. The fourth-order valence-electron chi connectivity index (χ4n) is 2.15. The molecule has 1 heterocycles. The number of benzene rings is 1. The van der Waals surface area contributed by atoms with Gasteiger partial charge in [0.15, 0.2) is 0 Å². The van der Waals surface area contributed by atoms with Crippen molar-refractivity contribution in [3.8, 4) is 0 Å². The zero-order chi connectivity index (χ0) is 14.2. The minimum absolute atomic E-state index is 0.0199. The summed E-state index contributed by atoms with van der Waals surface area (Å²) in [6, 6.07) is 3.97. The van der Waals surface area contributed by atoms with Crippen LogP contribution in [0.15, 0.2) is 18.2 Å². The van der Waals surface area contributed by atoms with Gasteiger partial charge in [-0.1, -0.05) is 6.92 Å². The van der Waals surface area contributed by atoms with Gasteiger partial charge in [0.1, 0.15) is 0 Å². The van der Waals surface area contributed by atoms with Crippen molar-refractivity contribution in [1.29, 1.82) is 0 Å². The van der Waals surface area contributed by atoms with Gasteiger partial charge in [-0.3, -0.25) is 9.59 Å². The highest BCUT2D eigenvalue weighted by Gasteiger charge is 2.32. The van der Waals surface area contributed by atoms with Crippen LogP contribution in [0.2, 0.25) is 0 Å². The average Bonchev–Trinajstić information content (AvgIpc) is 2.29. The van der Waals surface area contributed by atoms with Crippen molar-refractivity contribution in [1.82, 2.24) is 0 Å². The standard InChI is InChI=1S/C13H14N2O4/c1-7-4-11(16)15(12(17)5-7)10-3-2-8(13(18)19)6-9(10)14/h2-3,6-7H,4-5,14H2,1H3,(H,18,19). The summed E-state index contributed by atoms with van der Waals surface area (Å²) in [5, 5.41) is 8.85. The summed E-state index contributed by atoms with van der Waals surface area (Å²) < 4.78 is 0. The molecule has 0 aromatic heterocycles. The van der Waals surface area contributed by atoms with E-state index in [-0.39, 0.29) is 47.5 Å². The van der Waals surface area contributed by atoms with E-state index in [4.69, 9.17) is 10.8 Å². The van der Waals surface area contributed by atoms with Gasteiger partial charge in [0.25, 0.3) is 0 Å². The van der Waals surface area contributed by atoms with Gasteiger partial charge in [0.05, 0.1) is 16.9 Å². The lowest BCUT2D eigenvalue weighted by molar-refractivity contribution is -0.130. The van der Waals surface area contributed by atoms with E-state index in [0.717, 1.165) is 4.90 Å². The second-order valence-corrected chi connectivity index (χ2v) is 4.72. The summed E-state index contributed by atoms with van der Waals surface area (Å²) >= 11 is 0. The molecule has 0 bridgehead atoms. The van der Waals surface area contributed by atoms with E-state index in [1.54, 1.807) is 0 Å². The molecular weight excluding hydrogens is 248 g/mol. The van der Waals surface area contributed by atoms with E-state index in [1.807, 2.05) is 6.92 Å². The Kier molecular flexibility index (Phi) is 3.25. The average molecular weight is 262 g/mol. The van der Waals surface area contributed by atoms with Crippen LogP contribution < -0.4 is 10.6 Å². The molecular formula is C13H14N2O4. The third-order valence-corrected chi connectivity index (χ3v) is 3.06. The van der Waals surface area contributed by atoms with Crippen LogP contribution in [0.5, 0.6) is 0 Å². The molecule has 6 heteroatoms. The molecule has 0 saturated carbocycles. The zero-order valence-electron chi connectivity index (χ0n) is 10.4. The number of hydrogen-bond acceptors (Lipinski definition) is 4. The summed E-state index contributed by atoms with van der Waals surface area (Å²) in [5.74, 6) is -1.70. The molecule has 0 aliphatic carbocycles. The number of carboxylic acids is 1. The third kappa shape index (κ3) is 2.42. The number of carboxylic acid groups (broad SMARTS) is 1. The van der Waals surface area contributed by atoms with Gasteiger partial charge in [-0.25, -0.2) is 9.69 Å². The third-order valence-electron chi connectivity index (χ3n) is 3.06. The molecule has 0 atom stereocenters. The molecule has 1 aromatic carbocycles. The van der Waals surface area contributed by atoms with Crippen molar-refractivity contribution in [2.45, 2.75) is 19.8 Å². The second-order valence-electron chi connectivity index (χ2n) is 4.72. The fraction of sp³-hybridized carbons (Fsp3) is 0.308. The zero-order valence-corrected chi connectivity index (χ0v) is 10.4. The Labute approximate surface area is 109 Å². The lowest BCUT2D eigenvalue weighted by Gasteiger charge is -2.29. The summed E-state index contributed by atoms with van der Waals surface area (Å²) in [7, 11) is 0. The molecule has 1 aliphatic heterocycles. The molecule has 2 amide bonds. The van der Waals surface area contributed by atoms with Crippen molar-refractivity contribution >= 4 is 29.2 Å². The van der Waals surface area contributed by atoms with E-state index in [2.05, 4.69) is 0 Å². The highest BCUT2D eigenvalue weighted by Crippen LogP contribution is 2.30. The van der Waals surface area contributed by atoms with Crippen LogP contribution in [0.1, 0.15) is 30.1 Å². The number of piperidine rings is 1. The predicted octanol–water partition coefficient (Wildman–Crippen LogP) is 1.26. The van der Waals surface area contributed by atoms with Gasteiger partial charge >= 0.3 is 5.97 Å². The van der Waals surface area contributed by atoms with Crippen LogP contribution in [0, 0.1) is 5.92 Å². The highest BCUT2D eigenvalue weighted by atomic mass is 16.4. The maximum Gasteiger partial charge on any atom is 0.335 e. The maximum atomic E-state index is 11.9. The Morgan fingerprint density at radius 1 is 1.32 bits per heavy atom. The van der Waals surface area contributed by atoms with Crippen LogP contribution in [-0.2, 0) is 9.59 Å². The number of nitrogen functional groups attached to an aromatic ring is 1. The minimum Gasteiger partial charge on any atom is -0.478 e. The molecule has 1 saturated heterocycles. The largest absolute Gasteiger partial charge is 0.478 e. The summed E-state index contributed by atoms with van der Waals surface area (Å²) in [5.41, 5.74) is 6.12. The summed E-state index contributed by atoms with van der Waals surface area (Å²) in [6.07, 6.45) is 0.567. The van der Waals surface area contributed by atoms with Gasteiger partial charge in [0.2, 0.25) is 11.8 Å². The summed E-state index contributed by atoms with van der Waals surface area (Å²) in [4.78, 5) is 35.7. The Balaban J connectivity index is 2.39. The molecule has 100 valence electrons. The Morgan fingerprint density at radius 2 is 1.89 bits per heavy atom. The lowest BCUT2D eigenvalue weighted by atomic mass is 9.97. The van der Waals surface area contributed by atoms with Crippen LogP contribution in [0.25, 0.3) is 0 Å². The first kappa shape index (κ1) is 13.1. The van der Waals surface area contributed by atoms with E-state index >= 15 is 0 Å². The predicted molar refractivity (Wildman–Crippen MR) is 68.7 cm³/mol. The highest BCUT2D eigenvalue weighted by molar-refractivity contribution is 6.18. The van der Waals surface area contributed by atoms with E-state index in [1.165, 1.54) is 18.2 Å². The number of aromatic carboxylic acids is 1. The minimum atomic E-state index is -1.11. The molecule has 2 rings (SSSR count). The Hall–Kier alpha value is -2.37. The maximum absolute atomic E-state index is 11.9. The van der Waals surface area contributed by atoms with Gasteiger partial charge < -0.3 is 10.8 Å². The van der Waals surface area contributed by atoms with Crippen molar-refractivity contribution in [3.63, 3.8) is 0 Å². The smallest absolute Gasteiger partial charge is 0.335 e. The SMILES string of the molecule is CC1CC(=O)N(c2ccc(C(=O)O)cc2N)C(=O)C1. The van der Waals surface area contributed by atoms with E-state index < -0.39 is 5.97 Å². The quantitative estimate of drug-likeness (QED) is 0.617. The van der Waals surface area contributed by atoms with Crippen LogP contribution in [-0.4, -0.2) is 22.9 Å². The first-order valence-electron chi connectivity index (χ1n) is 5.88. The number of anilines is 2. The normalized spacial score (nSPS) is 16.8. The first-order valence-corrected chi connectivity index (χ1v) is 5.88. The number of imide groups is 1. The molecule has 6 nitrogen and oxygen atoms in total. The van der Waals surface area contributed by atoms with Crippen LogP contribution in [0.4, 0.5) is 11.4 Å². The number of carbonyl (C=O) groups excluding carboxylic acids is 2. The lowest BCUT2D eigenvalue weighted by Crippen LogP contribution is -2.43. The van der Waals surface area contributed by atoms with E-state index in [9.17, 15) is 14.4 Å². The fourth-order valence-corrected chi connectivity index (χ4v) is 2.15. The number of hydrogen-bond donors (Lipinski definition) is 2. The van der Waals surface area contributed by atoms with Crippen molar-refractivity contribution in [3.05, 3.63) is 23.8 Å². The molecule has 1 fully saturated rings. The number of nitrogens with two attached hydrogens (primary N) is 1. The second kappa shape index (κ2) is 4.72. The molecule has 0 radical (unpaired) electrons. The molecule has 3 N–H and O–H groups in total. The van der Waals surface area contributed by atoms with Crippen molar-refractivity contribution < 1.29 is 19.5 Å². The number of nitrogens with zero attached hydrogens (tertiary/aromatic N) is 1. The van der Waals surface area contributed by atoms with Gasteiger partial charge in [-0.2, -0.15) is 0 Å². The monoisotopic (exact) mass is 262 g/mol. The van der Waals surface area contributed by atoms with Crippen molar-refractivity contribution in [2.24, 2.45) is 5.92 Å². The number of rotatable bonds is 2. The number of amides is 2. The molecule has 1 aliphatic rings. The van der Waals surface area contributed by atoms with Crippen LogP contribution in [0.3, 0.4) is 0 Å². The topological polar surface area (TPSA) is 101 Å². The molecule has 0 spiro atoms. The number of carbonyl (C=O) groups is 3. The Morgan fingerprint density at radius 3 is 2.37 bits per heavy atom. The molecule has 19 heavy (non-hydrogen) atoms.